The lowest BCUT2D eigenvalue weighted by molar-refractivity contribution is -0.140. The third-order valence-electron chi connectivity index (χ3n) is 5.49. The summed E-state index contributed by atoms with van der Waals surface area (Å²) in [5, 5.41) is 1.84. The summed E-state index contributed by atoms with van der Waals surface area (Å²) in [5.41, 5.74) is -3.59. The number of sulfone groups is 1. The Balaban J connectivity index is 2.46. The molecule has 0 aromatic heterocycles. The second-order valence-electron chi connectivity index (χ2n) is 9.22. The summed E-state index contributed by atoms with van der Waals surface area (Å²) in [4.78, 5) is 12.5. The maximum absolute atomic E-state index is 15.0. The first-order valence-corrected chi connectivity index (χ1v) is 13.3. The molecule has 2 aromatic rings. The molecule has 0 spiro atoms. The number of aryl methyl sites for hydroxylation is 1. The second-order valence-corrected chi connectivity index (χ2v) is 11.3. The lowest BCUT2D eigenvalue weighted by Crippen LogP contribution is -2.40. The average Bonchev–Trinajstić information content (AvgIpc) is 2.77. The maximum atomic E-state index is 15.0. The Hall–Kier alpha value is -3.36. The van der Waals surface area contributed by atoms with Crippen LogP contribution in [0.1, 0.15) is 51.0 Å². The fourth-order valence-corrected chi connectivity index (χ4v) is 5.38. The first kappa shape index (κ1) is 33.8. The molecule has 0 radical (unpaired) electrons. The third kappa shape index (κ3) is 9.90. The molecule has 226 valence electrons. The number of halogens is 10. The Morgan fingerprint density at radius 3 is 2.12 bits per heavy atom. The van der Waals surface area contributed by atoms with Crippen molar-refractivity contribution in [2.24, 2.45) is 0 Å². The van der Waals surface area contributed by atoms with Gasteiger partial charge in [0.25, 0.3) is 5.91 Å². The molecular weight excluding hydrogens is 596 g/mol. The topological polar surface area (TPSA) is 63.2 Å². The van der Waals surface area contributed by atoms with Crippen LogP contribution in [0.4, 0.5) is 43.9 Å². The van der Waals surface area contributed by atoms with Gasteiger partial charge in [-0.3, -0.25) is 4.79 Å². The molecule has 0 aliphatic rings. The summed E-state index contributed by atoms with van der Waals surface area (Å²) in [6.07, 6.45) is -14.1. The van der Waals surface area contributed by atoms with E-state index in [4.69, 9.17) is 0 Å². The molecule has 0 saturated carbocycles. The van der Waals surface area contributed by atoms with Gasteiger partial charge in [-0.15, -0.1) is 0 Å². The highest BCUT2D eigenvalue weighted by molar-refractivity contribution is 7.91. The third-order valence-corrected chi connectivity index (χ3v) is 7.27. The van der Waals surface area contributed by atoms with E-state index in [-0.39, 0.29) is 12.1 Å². The van der Waals surface area contributed by atoms with E-state index >= 15 is 4.39 Å². The number of carbonyl (C=O) groups excluding carboxylic acids is 1. The van der Waals surface area contributed by atoms with Crippen LogP contribution in [0.2, 0.25) is 0 Å². The number of nitrogens with one attached hydrogen (secondary N) is 1. The van der Waals surface area contributed by atoms with Crippen LogP contribution in [0.5, 0.6) is 0 Å². The van der Waals surface area contributed by atoms with Crippen molar-refractivity contribution in [2.45, 2.75) is 44.3 Å². The van der Waals surface area contributed by atoms with Crippen LogP contribution in [0.3, 0.4) is 0 Å². The van der Waals surface area contributed by atoms with Crippen molar-refractivity contribution in [3.8, 4) is 0 Å². The summed E-state index contributed by atoms with van der Waals surface area (Å²) in [6.45, 7) is 5.89. The molecule has 1 amide bonds. The molecule has 0 aliphatic heterocycles. The highest BCUT2D eigenvalue weighted by Crippen LogP contribution is 2.40. The van der Waals surface area contributed by atoms with Crippen LogP contribution in [0.15, 0.2) is 49.1 Å². The minimum absolute atomic E-state index is 0.0878. The largest absolute Gasteiger partial charge is 0.417 e. The summed E-state index contributed by atoms with van der Waals surface area (Å²) in [5.74, 6) is -9.26. The van der Waals surface area contributed by atoms with Gasteiger partial charge in [-0.1, -0.05) is 42.5 Å². The van der Waals surface area contributed by atoms with Crippen LogP contribution in [0.25, 0.3) is 11.9 Å². The smallest absolute Gasteiger partial charge is 0.349 e. The molecule has 1 unspecified atom stereocenters. The van der Waals surface area contributed by atoms with Crippen molar-refractivity contribution in [2.75, 3.05) is 11.5 Å². The Morgan fingerprint density at radius 1 is 1.00 bits per heavy atom. The summed E-state index contributed by atoms with van der Waals surface area (Å²) >= 11 is 0. The zero-order valence-corrected chi connectivity index (χ0v) is 22.1. The van der Waals surface area contributed by atoms with Crippen LogP contribution in [-0.4, -0.2) is 44.2 Å². The van der Waals surface area contributed by atoms with Gasteiger partial charge in [0, 0.05) is 11.6 Å². The fraction of sp³-hybridized carbons (Fsp3) is 0.346. The maximum Gasteiger partial charge on any atom is 0.417 e. The predicted octanol–water partition coefficient (Wildman–Crippen LogP) is 7.41. The molecule has 0 bridgehead atoms. The van der Waals surface area contributed by atoms with Crippen LogP contribution in [-0.2, 0) is 16.0 Å². The molecule has 2 atom stereocenters. The first-order chi connectivity index (χ1) is 18.5. The van der Waals surface area contributed by atoms with Gasteiger partial charge < -0.3 is 5.32 Å². The van der Waals surface area contributed by atoms with Gasteiger partial charge in [-0.05, 0) is 43.2 Å². The Kier molecular flexibility index (Phi) is 10.1. The number of rotatable bonds is 9. The first-order valence-electron chi connectivity index (χ1n) is 11.5. The molecule has 41 heavy (non-hydrogen) atoms. The number of alkyl halides is 9. The fourth-order valence-electron chi connectivity index (χ4n) is 3.92. The summed E-state index contributed by atoms with van der Waals surface area (Å²) < 4.78 is 158. The minimum Gasteiger partial charge on any atom is -0.349 e. The van der Waals surface area contributed by atoms with E-state index < -0.39 is 85.8 Å². The average molecular weight is 620 g/mol. The predicted molar refractivity (Wildman–Crippen MR) is 132 cm³/mol. The summed E-state index contributed by atoms with van der Waals surface area (Å²) in [6, 6.07) is 3.34. The lowest BCUT2D eigenvalue weighted by atomic mass is 9.93. The Labute approximate surface area is 228 Å². The second kappa shape index (κ2) is 12.2. The van der Waals surface area contributed by atoms with Gasteiger partial charge in [0.05, 0.1) is 16.9 Å². The van der Waals surface area contributed by atoms with Gasteiger partial charge in [-0.2, -0.15) is 39.5 Å². The summed E-state index contributed by atoms with van der Waals surface area (Å²) in [7, 11) is -4.79. The molecule has 2 rings (SSSR count). The van der Waals surface area contributed by atoms with E-state index in [1.165, 1.54) is 19.1 Å². The quantitative estimate of drug-likeness (QED) is 0.298. The van der Waals surface area contributed by atoms with Crippen molar-refractivity contribution in [3.63, 3.8) is 0 Å². The standard InChI is InChI=1S/C26H23F10NO3S/c1-4-16-7-14(2)8-18(9-16)20(25(31,32)33)11-22(27)17-5-6-19(21(10-17)26(34,35)36)23(38)37-15(3)12-41(39,40)13-24(28,29)30/h4-11,15,20H,1,12-13H2,2-3H3,(H,37,38)/b22-11-/t15-,20?/m1/s1. The Morgan fingerprint density at radius 2 is 1.61 bits per heavy atom. The lowest BCUT2D eigenvalue weighted by Gasteiger charge is -2.20. The van der Waals surface area contributed by atoms with E-state index in [1.807, 2.05) is 5.32 Å². The van der Waals surface area contributed by atoms with Crippen molar-refractivity contribution >= 4 is 27.6 Å². The van der Waals surface area contributed by atoms with E-state index in [1.54, 1.807) is 0 Å². The number of benzene rings is 2. The van der Waals surface area contributed by atoms with Crippen LogP contribution < -0.4 is 5.32 Å². The number of allylic oxidation sites excluding steroid dienone is 1. The molecular formula is C26H23F10NO3S. The Bertz CT molecular complexity index is 1420. The highest BCUT2D eigenvalue weighted by Gasteiger charge is 2.41. The monoisotopic (exact) mass is 619 g/mol. The minimum atomic E-state index is -5.33. The van der Waals surface area contributed by atoms with Crippen molar-refractivity contribution in [3.05, 3.63) is 82.4 Å². The molecule has 0 aliphatic carbocycles. The molecule has 1 N–H and O–H groups in total. The van der Waals surface area contributed by atoms with Crippen molar-refractivity contribution < 1.29 is 57.1 Å². The molecule has 0 fully saturated rings. The van der Waals surface area contributed by atoms with Gasteiger partial charge in [0.1, 0.15) is 17.5 Å². The van der Waals surface area contributed by atoms with Gasteiger partial charge >= 0.3 is 18.5 Å². The number of hydrogen-bond acceptors (Lipinski definition) is 3. The van der Waals surface area contributed by atoms with E-state index in [0.29, 0.717) is 23.3 Å². The van der Waals surface area contributed by atoms with Crippen molar-refractivity contribution in [1.29, 1.82) is 0 Å². The molecule has 4 nitrogen and oxygen atoms in total. The van der Waals surface area contributed by atoms with Gasteiger partial charge in [0.15, 0.2) is 9.84 Å². The van der Waals surface area contributed by atoms with E-state index in [9.17, 15) is 52.7 Å². The van der Waals surface area contributed by atoms with Gasteiger partial charge in [0.2, 0.25) is 0 Å². The van der Waals surface area contributed by atoms with Gasteiger partial charge in [-0.25, -0.2) is 12.8 Å². The molecule has 0 heterocycles. The number of carbonyl (C=O) groups is 1. The zero-order chi connectivity index (χ0) is 31.6. The zero-order valence-electron chi connectivity index (χ0n) is 21.3. The number of hydrogen-bond donors (Lipinski definition) is 1. The highest BCUT2D eigenvalue weighted by atomic mass is 32.2. The van der Waals surface area contributed by atoms with E-state index in [0.717, 1.165) is 19.1 Å². The normalized spacial score (nSPS) is 14.9. The van der Waals surface area contributed by atoms with E-state index in [2.05, 4.69) is 6.58 Å². The molecule has 0 saturated heterocycles. The molecule has 2 aromatic carbocycles. The van der Waals surface area contributed by atoms with Crippen LogP contribution in [0, 0.1) is 6.92 Å². The molecule has 15 heteroatoms. The SMILES string of the molecule is C=Cc1cc(C)cc(C(/C=C(\F)c2ccc(C(=O)N[C@H](C)CS(=O)(=O)CC(F)(F)F)c(C(F)(F)F)c2)C(F)(F)F)c1. The van der Waals surface area contributed by atoms with Crippen LogP contribution >= 0.6 is 0 Å². The number of amides is 1. The van der Waals surface area contributed by atoms with Crippen molar-refractivity contribution in [1.82, 2.24) is 5.32 Å².